The van der Waals surface area contributed by atoms with Crippen LogP contribution < -0.4 is 10.1 Å². The average molecular weight is 407 g/mol. The third-order valence-corrected chi connectivity index (χ3v) is 4.20. The predicted octanol–water partition coefficient (Wildman–Crippen LogP) is 4.38. The molecule has 0 fully saturated rings. The average Bonchev–Trinajstić information content (AvgIpc) is 2.75. The summed E-state index contributed by atoms with van der Waals surface area (Å²) >= 11 is 0. The lowest BCUT2D eigenvalue weighted by Gasteiger charge is -2.09. The summed E-state index contributed by atoms with van der Waals surface area (Å²) in [5, 5.41) is 24.5. The fourth-order valence-corrected chi connectivity index (χ4v) is 2.71. The van der Waals surface area contributed by atoms with Gasteiger partial charge in [0, 0.05) is 24.2 Å². The maximum Gasteiger partial charge on any atom is 0.277 e. The summed E-state index contributed by atoms with van der Waals surface area (Å²) < 4.78 is 5.68. The van der Waals surface area contributed by atoms with Gasteiger partial charge in [0.25, 0.3) is 17.3 Å². The number of rotatable bonds is 8. The number of nitrogens with one attached hydrogen (secondary N) is 1. The molecule has 0 saturated heterocycles. The summed E-state index contributed by atoms with van der Waals surface area (Å²) in [4.78, 5) is 32.7. The minimum Gasteiger partial charge on any atom is -0.493 e. The highest BCUT2D eigenvalue weighted by Crippen LogP contribution is 2.24. The van der Waals surface area contributed by atoms with Crippen LogP contribution in [0.5, 0.6) is 5.75 Å². The van der Waals surface area contributed by atoms with Crippen molar-refractivity contribution in [2.24, 2.45) is 0 Å². The van der Waals surface area contributed by atoms with Crippen LogP contribution in [0.15, 0.2) is 72.8 Å². The first-order valence-corrected chi connectivity index (χ1v) is 8.94. The van der Waals surface area contributed by atoms with Crippen LogP contribution in [-0.2, 0) is 6.42 Å². The van der Waals surface area contributed by atoms with Gasteiger partial charge in [0.2, 0.25) is 0 Å². The van der Waals surface area contributed by atoms with E-state index >= 15 is 0 Å². The van der Waals surface area contributed by atoms with Gasteiger partial charge in [-0.3, -0.25) is 25.0 Å². The summed E-state index contributed by atoms with van der Waals surface area (Å²) in [7, 11) is 0. The van der Waals surface area contributed by atoms with E-state index in [-0.39, 0.29) is 5.56 Å². The van der Waals surface area contributed by atoms with Crippen LogP contribution in [0, 0.1) is 20.2 Å². The van der Waals surface area contributed by atoms with Crippen molar-refractivity contribution in [2.75, 3.05) is 11.9 Å². The zero-order valence-corrected chi connectivity index (χ0v) is 15.7. The molecule has 0 radical (unpaired) electrons. The molecule has 0 unspecified atom stereocenters. The number of nitro benzene ring substituents is 2. The molecule has 30 heavy (non-hydrogen) atoms. The maximum atomic E-state index is 12.4. The second kappa shape index (κ2) is 9.28. The molecular formula is C21H17N3O6. The number of hydrogen-bond donors (Lipinski definition) is 1. The molecule has 0 aliphatic carbocycles. The molecule has 1 N–H and O–H groups in total. The molecule has 0 bridgehead atoms. The summed E-state index contributed by atoms with van der Waals surface area (Å²) in [5.74, 6) is -0.0746. The Morgan fingerprint density at radius 1 is 0.867 bits per heavy atom. The van der Waals surface area contributed by atoms with Crippen molar-refractivity contribution in [1.82, 2.24) is 0 Å². The van der Waals surface area contributed by atoms with Gasteiger partial charge in [0.1, 0.15) is 5.75 Å². The molecule has 0 aromatic heterocycles. The highest BCUT2D eigenvalue weighted by molar-refractivity contribution is 6.05. The molecule has 0 atom stereocenters. The molecule has 0 aliphatic rings. The van der Waals surface area contributed by atoms with Gasteiger partial charge in [-0.1, -0.05) is 30.3 Å². The maximum absolute atomic E-state index is 12.4. The number of amides is 1. The molecule has 0 heterocycles. The van der Waals surface area contributed by atoms with E-state index in [1.54, 1.807) is 24.3 Å². The molecule has 0 saturated carbocycles. The lowest BCUT2D eigenvalue weighted by molar-refractivity contribution is -0.394. The van der Waals surface area contributed by atoms with Crippen molar-refractivity contribution in [3.8, 4) is 5.75 Å². The topological polar surface area (TPSA) is 125 Å². The van der Waals surface area contributed by atoms with Crippen molar-refractivity contribution in [3.05, 3.63) is 104 Å². The van der Waals surface area contributed by atoms with E-state index in [0.717, 1.165) is 30.2 Å². The fourth-order valence-electron chi connectivity index (χ4n) is 2.71. The van der Waals surface area contributed by atoms with Gasteiger partial charge in [0.15, 0.2) is 0 Å². The first-order valence-electron chi connectivity index (χ1n) is 8.94. The number of non-ortho nitro benzene ring substituents is 2. The Morgan fingerprint density at radius 2 is 1.47 bits per heavy atom. The first kappa shape index (κ1) is 20.5. The highest BCUT2D eigenvalue weighted by Gasteiger charge is 2.20. The minimum atomic E-state index is -0.786. The van der Waals surface area contributed by atoms with Crippen molar-refractivity contribution in [1.29, 1.82) is 0 Å². The van der Waals surface area contributed by atoms with Crippen LogP contribution >= 0.6 is 0 Å². The summed E-state index contributed by atoms with van der Waals surface area (Å²) in [6.07, 6.45) is 0.755. The number of nitrogens with zero attached hydrogens (tertiary/aromatic N) is 2. The Kier molecular flexibility index (Phi) is 6.33. The van der Waals surface area contributed by atoms with Gasteiger partial charge in [-0.25, -0.2) is 0 Å². The van der Waals surface area contributed by atoms with E-state index < -0.39 is 27.1 Å². The number of nitro groups is 2. The molecule has 3 aromatic carbocycles. The van der Waals surface area contributed by atoms with Gasteiger partial charge >= 0.3 is 0 Å². The van der Waals surface area contributed by atoms with E-state index in [1.165, 1.54) is 0 Å². The normalized spacial score (nSPS) is 10.3. The van der Waals surface area contributed by atoms with Crippen molar-refractivity contribution in [2.45, 2.75) is 6.42 Å². The lowest BCUT2D eigenvalue weighted by atomic mass is 10.1. The smallest absolute Gasteiger partial charge is 0.277 e. The molecule has 3 aromatic rings. The van der Waals surface area contributed by atoms with E-state index in [9.17, 15) is 25.0 Å². The van der Waals surface area contributed by atoms with Crippen LogP contribution in [-0.4, -0.2) is 22.4 Å². The molecular weight excluding hydrogens is 390 g/mol. The summed E-state index contributed by atoms with van der Waals surface area (Å²) in [6.45, 7) is 0.493. The Bertz CT molecular complexity index is 1040. The summed E-state index contributed by atoms with van der Waals surface area (Å²) in [5.41, 5.74) is 0.337. The number of carbonyl (C=O) groups is 1. The van der Waals surface area contributed by atoms with E-state index in [1.807, 2.05) is 30.3 Å². The molecule has 3 rings (SSSR count). The van der Waals surface area contributed by atoms with Crippen LogP contribution in [0.3, 0.4) is 0 Å². The number of ether oxygens (including phenoxy) is 1. The van der Waals surface area contributed by atoms with Gasteiger partial charge < -0.3 is 10.1 Å². The van der Waals surface area contributed by atoms with Crippen LogP contribution in [0.2, 0.25) is 0 Å². The van der Waals surface area contributed by atoms with E-state index in [0.29, 0.717) is 18.0 Å². The predicted molar refractivity (Wildman–Crippen MR) is 110 cm³/mol. The van der Waals surface area contributed by atoms with Gasteiger partial charge in [-0.15, -0.1) is 0 Å². The molecule has 152 valence electrons. The molecule has 0 aliphatic heterocycles. The largest absolute Gasteiger partial charge is 0.493 e. The van der Waals surface area contributed by atoms with Gasteiger partial charge in [0.05, 0.1) is 28.1 Å². The Morgan fingerprint density at radius 3 is 2.03 bits per heavy atom. The van der Waals surface area contributed by atoms with Crippen LogP contribution in [0.4, 0.5) is 17.1 Å². The molecule has 9 heteroatoms. The lowest BCUT2D eigenvalue weighted by Crippen LogP contribution is -2.12. The van der Waals surface area contributed by atoms with Crippen LogP contribution in [0.1, 0.15) is 15.9 Å². The van der Waals surface area contributed by atoms with E-state index in [2.05, 4.69) is 5.32 Å². The summed E-state index contributed by atoms with van der Waals surface area (Å²) in [6, 6.07) is 19.3. The van der Waals surface area contributed by atoms with Gasteiger partial charge in [-0.2, -0.15) is 0 Å². The SMILES string of the molecule is O=C(Nc1ccc(OCCc2ccccc2)cc1)c1cc([N+](=O)[O-])cc([N+](=O)[O-])c1. The number of anilines is 1. The van der Waals surface area contributed by atoms with E-state index in [4.69, 9.17) is 4.74 Å². The monoisotopic (exact) mass is 407 g/mol. The molecule has 1 amide bonds. The zero-order chi connectivity index (χ0) is 21.5. The van der Waals surface area contributed by atoms with Crippen molar-refractivity contribution in [3.63, 3.8) is 0 Å². The third-order valence-electron chi connectivity index (χ3n) is 4.20. The number of benzene rings is 3. The Balaban J connectivity index is 1.63. The number of carbonyl (C=O) groups excluding carboxylic acids is 1. The molecule has 0 spiro atoms. The molecule has 9 nitrogen and oxygen atoms in total. The first-order chi connectivity index (χ1) is 14.4. The second-order valence-electron chi connectivity index (χ2n) is 6.31. The minimum absolute atomic E-state index is 0.181. The third kappa shape index (κ3) is 5.38. The zero-order valence-electron chi connectivity index (χ0n) is 15.7. The quantitative estimate of drug-likeness (QED) is 0.436. The number of hydrogen-bond acceptors (Lipinski definition) is 6. The van der Waals surface area contributed by atoms with Crippen molar-refractivity contribution < 1.29 is 19.4 Å². The Labute approximate surface area is 171 Å². The van der Waals surface area contributed by atoms with Gasteiger partial charge in [-0.05, 0) is 29.8 Å². The standard InChI is InChI=1S/C21H17N3O6/c25-21(16-12-18(23(26)27)14-19(13-16)24(28)29)22-17-6-8-20(9-7-17)30-11-10-15-4-2-1-3-5-15/h1-9,12-14H,10-11H2,(H,22,25). The second-order valence-corrected chi connectivity index (χ2v) is 6.31. The fraction of sp³-hybridized carbons (Fsp3) is 0.0952. The Hall–Kier alpha value is -4.27. The van der Waals surface area contributed by atoms with Crippen molar-refractivity contribution >= 4 is 23.0 Å². The van der Waals surface area contributed by atoms with Crippen LogP contribution in [0.25, 0.3) is 0 Å². The highest BCUT2D eigenvalue weighted by atomic mass is 16.6.